The van der Waals surface area contributed by atoms with Crippen LogP contribution in [0.25, 0.3) is 0 Å². The topological polar surface area (TPSA) is 111 Å². The van der Waals surface area contributed by atoms with Gasteiger partial charge in [0.25, 0.3) is 5.69 Å². The lowest BCUT2D eigenvalue weighted by molar-refractivity contribution is -0.384. The third kappa shape index (κ3) is 6.81. The van der Waals surface area contributed by atoms with E-state index in [1.54, 1.807) is 18.2 Å². The van der Waals surface area contributed by atoms with E-state index >= 15 is 0 Å². The highest BCUT2D eigenvalue weighted by molar-refractivity contribution is 5.60. The Bertz CT molecular complexity index is 439. The lowest BCUT2D eigenvalue weighted by Crippen LogP contribution is -2.37. The van der Waals surface area contributed by atoms with Crippen LogP contribution in [0.15, 0.2) is 24.3 Å². The van der Waals surface area contributed by atoms with Gasteiger partial charge >= 0.3 is 0 Å². The van der Waals surface area contributed by atoms with Crippen molar-refractivity contribution in [2.45, 2.75) is 0 Å². The zero-order chi connectivity index (χ0) is 16.2. The summed E-state index contributed by atoms with van der Waals surface area (Å²) in [7, 11) is 0. The number of anilines is 1. The molecule has 0 saturated carbocycles. The SMILES string of the molecule is O=[N+]([O-])c1ccccc1NCCNCCN(CCO)CCO. The van der Waals surface area contributed by atoms with E-state index in [9.17, 15) is 10.1 Å². The molecule has 0 aliphatic rings. The first-order valence-electron chi connectivity index (χ1n) is 7.31. The van der Waals surface area contributed by atoms with E-state index in [-0.39, 0.29) is 18.9 Å². The van der Waals surface area contributed by atoms with E-state index in [0.29, 0.717) is 31.9 Å². The summed E-state index contributed by atoms with van der Waals surface area (Å²) in [5.74, 6) is 0. The standard InChI is InChI=1S/C14H24N4O4/c19-11-9-17(10-12-20)8-7-15-5-6-16-13-3-1-2-4-14(13)18(21)22/h1-4,15-16,19-20H,5-12H2. The van der Waals surface area contributed by atoms with Gasteiger partial charge in [0, 0.05) is 45.3 Å². The van der Waals surface area contributed by atoms with Crippen molar-refractivity contribution in [3.8, 4) is 0 Å². The largest absolute Gasteiger partial charge is 0.395 e. The molecule has 8 heteroatoms. The lowest BCUT2D eigenvalue weighted by atomic mass is 10.2. The molecule has 0 unspecified atom stereocenters. The van der Waals surface area contributed by atoms with Crippen LogP contribution in [0, 0.1) is 10.1 Å². The summed E-state index contributed by atoms with van der Waals surface area (Å²) in [5.41, 5.74) is 0.580. The summed E-state index contributed by atoms with van der Waals surface area (Å²) in [5, 5.41) is 34.9. The Morgan fingerprint density at radius 1 is 1.05 bits per heavy atom. The number of nitrogens with one attached hydrogen (secondary N) is 2. The predicted octanol–water partition coefficient (Wildman–Crippen LogP) is -0.117. The summed E-state index contributed by atoms with van der Waals surface area (Å²) in [6.07, 6.45) is 0. The second-order valence-electron chi connectivity index (χ2n) is 4.74. The monoisotopic (exact) mass is 312 g/mol. The van der Waals surface area contributed by atoms with Crippen molar-refractivity contribution >= 4 is 11.4 Å². The molecular weight excluding hydrogens is 288 g/mol. The molecule has 0 fully saturated rings. The first-order valence-corrected chi connectivity index (χ1v) is 7.31. The molecule has 0 radical (unpaired) electrons. The van der Waals surface area contributed by atoms with Gasteiger partial charge in [0.15, 0.2) is 0 Å². The molecule has 0 spiro atoms. The van der Waals surface area contributed by atoms with E-state index in [1.807, 2.05) is 4.90 Å². The van der Waals surface area contributed by atoms with Gasteiger partial charge in [0.2, 0.25) is 0 Å². The summed E-state index contributed by atoms with van der Waals surface area (Å²) in [6, 6.07) is 6.54. The first-order chi connectivity index (χ1) is 10.7. The third-order valence-corrected chi connectivity index (χ3v) is 3.16. The van der Waals surface area contributed by atoms with Gasteiger partial charge in [-0.1, -0.05) is 12.1 Å². The van der Waals surface area contributed by atoms with Gasteiger partial charge in [0.05, 0.1) is 18.1 Å². The molecule has 0 aromatic heterocycles. The van der Waals surface area contributed by atoms with E-state index < -0.39 is 4.92 Å². The zero-order valence-corrected chi connectivity index (χ0v) is 12.6. The molecule has 0 bridgehead atoms. The highest BCUT2D eigenvalue weighted by Gasteiger charge is 2.11. The average Bonchev–Trinajstić information content (AvgIpc) is 2.51. The number of benzene rings is 1. The van der Waals surface area contributed by atoms with Crippen molar-refractivity contribution in [1.82, 2.24) is 10.2 Å². The Kier molecular flexibility index (Phi) is 9.08. The van der Waals surface area contributed by atoms with E-state index in [4.69, 9.17) is 10.2 Å². The number of nitrogens with zero attached hydrogens (tertiary/aromatic N) is 2. The molecule has 1 rings (SSSR count). The molecule has 0 saturated heterocycles. The second-order valence-corrected chi connectivity index (χ2v) is 4.74. The maximum absolute atomic E-state index is 10.9. The molecule has 0 heterocycles. The third-order valence-electron chi connectivity index (χ3n) is 3.16. The average molecular weight is 312 g/mol. The maximum Gasteiger partial charge on any atom is 0.292 e. The van der Waals surface area contributed by atoms with Crippen LogP contribution in [-0.2, 0) is 0 Å². The molecule has 0 amide bonds. The van der Waals surface area contributed by atoms with E-state index in [0.717, 1.165) is 13.1 Å². The molecule has 4 N–H and O–H groups in total. The molecule has 1 aromatic carbocycles. The highest BCUT2D eigenvalue weighted by atomic mass is 16.6. The molecule has 0 atom stereocenters. The van der Waals surface area contributed by atoms with E-state index in [1.165, 1.54) is 6.07 Å². The van der Waals surface area contributed by atoms with Crippen LogP contribution in [-0.4, -0.2) is 72.5 Å². The molecule has 0 aliphatic carbocycles. The molecular formula is C14H24N4O4. The van der Waals surface area contributed by atoms with Crippen molar-refractivity contribution < 1.29 is 15.1 Å². The number of nitro benzene ring substituents is 1. The molecule has 8 nitrogen and oxygen atoms in total. The van der Waals surface area contributed by atoms with Crippen LogP contribution >= 0.6 is 0 Å². The minimum absolute atomic E-state index is 0.0687. The second kappa shape index (κ2) is 10.9. The molecule has 124 valence electrons. The van der Waals surface area contributed by atoms with Gasteiger partial charge < -0.3 is 20.8 Å². The van der Waals surface area contributed by atoms with Gasteiger partial charge in [-0.25, -0.2) is 0 Å². The Labute approximate surface area is 129 Å². The molecule has 1 aromatic rings. The first kappa shape index (κ1) is 18.3. The Morgan fingerprint density at radius 3 is 2.36 bits per heavy atom. The van der Waals surface area contributed by atoms with Crippen LogP contribution in [0.1, 0.15) is 0 Å². The number of nitro groups is 1. The fourth-order valence-electron chi connectivity index (χ4n) is 2.05. The Hall–Kier alpha value is -1.74. The fourth-order valence-corrected chi connectivity index (χ4v) is 2.05. The van der Waals surface area contributed by atoms with Crippen molar-refractivity contribution in [2.24, 2.45) is 0 Å². The van der Waals surface area contributed by atoms with E-state index in [2.05, 4.69) is 10.6 Å². The zero-order valence-electron chi connectivity index (χ0n) is 12.6. The quantitative estimate of drug-likeness (QED) is 0.242. The number of para-hydroxylation sites is 2. The van der Waals surface area contributed by atoms with Crippen molar-refractivity contribution in [2.75, 3.05) is 57.8 Å². The highest BCUT2D eigenvalue weighted by Crippen LogP contribution is 2.22. The number of hydrogen-bond acceptors (Lipinski definition) is 7. The van der Waals surface area contributed by atoms with Gasteiger partial charge in [0.1, 0.15) is 5.69 Å². The van der Waals surface area contributed by atoms with Gasteiger partial charge in [-0.05, 0) is 6.07 Å². The molecule has 22 heavy (non-hydrogen) atoms. The van der Waals surface area contributed by atoms with Crippen molar-refractivity contribution in [3.05, 3.63) is 34.4 Å². The van der Waals surface area contributed by atoms with Gasteiger partial charge in [-0.15, -0.1) is 0 Å². The number of aliphatic hydroxyl groups is 2. The minimum Gasteiger partial charge on any atom is -0.395 e. The van der Waals surface area contributed by atoms with Crippen molar-refractivity contribution in [1.29, 1.82) is 0 Å². The summed E-state index contributed by atoms with van der Waals surface area (Å²) in [4.78, 5) is 12.4. The Balaban J connectivity index is 2.22. The smallest absolute Gasteiger partial charge is 0.292 e. The van der Waals surface area contributed by atoms with Gasteiger partial charge in [-0.2, -0.15) is 0 Å². The number of aliphatic hydroxyl groups excluding tert-OH is 2. The van der Waals surface area contributed by atoms with Crippen LogP contribution < -0.4 is 10.6 Å². The normalized spacial score (nSPS) is 10.9. The lowest BCUT2D eigenvalue weighted by Gasteiger charge is -2.20. The van der Waals surface area contributed by atoms with Crippen molar-refractivity contribution in [3.63, 3.8) is 0 Å². The van der Waals surface area contributed by atoms with Gasteiger partial charge in [-0.3, -0.25) is 15.0 Å². The predicted molar refractivity (Wildman–Crippen MR) is 85.1 cm³/mol. The van der Waals surface area contributed by atoms with Crippen LogP contribution in [0.3, 0.4) is 0 Å². The maximum atomic E-state index is 10.9. The van der Waals surface area contributed by atoms with Crippen LogP contribution in [0.5, 0.6) is 0 Å². The number of rotatable bonds is 12. The summed E-state index contributed by atoms with van der Waals surface area (Å²) < 4.78 is 0. The fraction of sp³-hybridized carbons (Fsp3) is 0.571. The molecule has 0 aliphatic heterocycles. The number of hydrogen-bond donors (Lipinski definition) is 4. The van der Waals surface area contributed by atoms with Crippen LogP contribution in [0.4, 0.5) is 11.4 Å². The summed E-state index contributed by atoms with van der Waals surface area (Å²) in [6.45, 7) is 3.90. The van der Waals surface area contributed by atoms with Crippen LogP contribution in [0.2, 0.25) is 0 Å². The summed E-state index contributed by atoms with van der Waals surface area (Å²) >= 11 is 0. The Morgan fingerprint density at radius 2 is 1.73 bits per heavy atom. The minimum atomic E-state index is -0.405.